The van der Waals surface area contributed by atoms with Gasteiger partial charge in [0, 0.05) is 4.85 Å². The van der Waals surface area contributed by atoms with Crippen molar-refractivity contribution in [2.75, 3.05) is 20.6 Å². The van der Waals surface area contributed by atoms with E-state index in [4.69, 9.17) is 9.52 Å². The van der Waals surface area contributed by atoms with Gasteiger partial charge in [0.05, 0.1) is 32.8 Å². The molecule has 1 rings (SSSR count). The van der Waals surface area contributed by atoms with Crippen molar-refractivity contribution >= 4 is 11.9 Å². The molecule has 0 aromatic carbocycles. The Kier molecular flexibility index (Phi) is 5.21. The van der Waals surface area contributed by atoms with Crippen LogP contribution in [-0.4, -0.2) is 42.6 Å². The van der Waals surface area contributed by atoms with Crippen LogP contribution < -0.4 is 4.90 Å². The summed E-state index contributed by atoms with van der Waals surface area (Å²) in [4.78, 5) is 30.9. The van der Waals surface area contributed by atoms with E-state index in [1.165, 1.54) is 0 Å². The molecule has 102 valence electrons. The topological polar surface area (TPSA) is 89.2 Å². The maximum atomic E-state index is 11.7. The molecule has 0 saturated carbocycles. The number of rotatable bonds is 5. The summed E-state index contributed by atoms with van der Waals surface area (Å²) in [5.74, 6) is -1.91. The highest BCUT2D eigenvalue weighted by Crippen LogP contribution is 2.07. The Morgan fingerprint density at radius 2 is 2.26 bits per heavy atom. The second kappa shape index (κ2) is 6.66. The summed E-state index contributed by atoms with van der Waals surface area (Å²) >= 11 is 0. The van der Waals surface area contributed by atoms with Crippen molar-refractivity contribution in [3.8, 4) is 6.07 Å². The van der Waals surface area contributed by atoms with Crippen molar-refractivity contribution in [2.24, 2.45) is 5.92 Å². The van der Waals surface area contributed by atoms with E-state index >= 15 is 0 Å². The molecule has 7 nitrogen and oxygen atoms in total. The van der Waals surface area contributed by atoms with E-state index in [9.17, 15) is 9.59 Å². The predicted molar refractivity (Wildman–Crippen MR) is 66.2 cm³/mol. The molecule has 7 heteroatoms. The average Bonchev–Trinajstić information content (AvgIpc) is 2.70. The van der Waals surface area contributed by atoms with Gasteiger partial charge in [0.1, 0.15) is 0 Å². The molecule has 1 unspecified atom stereocenters. The fourth-order valence-electron chi connectivity index (χ4n) is 1.57. The number of hydrogen-bond donors (Lipinski definition) is 2. The molecule has 0 bridgehead atoms. The van der Waals surface area contributed by atoms with Crippen LogP contribution in [0.4, 0.5) is 0 Å². The van der Waals surface area contributed by atoms with Gasteiger partial charge >= 0.3 is 11.9 Å². The quantitative estimate of drug-likeness (QED) is 0.764. The lowest BCUT2D eigenvalue weighted by Gasteiger charge is -2.07. The molecule has 0 spiro atoms. The monoisotopic (exact) mass is 267 g/mol. The van der Waals surface area contributed by atoms with Gasteiger partial charge < -0.3 is 14.4 Å². The van der Waals surface area contributed by atoms with Gasteiger partial charge in [-0.2, -0.15) is 4.79 Å². The Hall–Kier alpha value is -2.20. The molecular formula is C12H17N3O4+2. The number of amides is 1. The standard InChI is InChI=1S/C12H15N3O4/c1-8-11(19-7-14-8)12(18)13-5-9(4-10(16)17)6-15(2)3/h7,9H,4,6H2,1-3H3/p+2. The van der Waals surface area contributed by atoms with Crippen LogP contribution in [0.2, 0.25) is 0 Å². The van der Waals surface area contributed by atoms with Crippen LogP contribution in [0.3, 0.4) is 0 Å². The zero-order valence-corrected chi connectivity index (χ0v) is 11.1. The van der Waals surface area contributed by atoms with E-state index < -0.39 is 17.8 Å². The van der Waals surface area contributed by atoms with Crippen LogP contribution >= 0.6 is 0 Å². The van der Waals surface area contributed by atoms with Crippen LogP contribution in [0.1, 0.15) is 22.7 Å². The van der Waals surface area contributed by atoms with Crippen LogP contribution in [0, 0.1) is 18.9 Å². The number of aryl methyl sites for hydroxylation is 1. The van der Waals surface area contributed by atoms with Crippen molar-refractivity contribution in [1.82, 2.24) is 4.98 Å². The summed E-state index contributed by atoms with van der Waals surface area (Å²) in [7, 11) is 3.78. The minimum absolute atomic E-state index is 0.0544. The highest BCUT2D eigenvalue weighted by Gasteiger charge is 2.26. The number of aromatic nitrogens is 1. The van der Waals surface area contributed by atoms with Crippen LogP contribution in [0.15, 0.2) is 10.8 Å². The summed E-state index contributed by atoms with van der Waals surface area (Å²) in [6.45, 7) is 2.16. The lowest BCUT2D eigenvalue weighted by Crippen LogP contribution is -3.06. The van der Waals surface area contributed by atoms with Gasteiger partial charge in [-0.05, 0) is 6.92 Å². The zero-order valence-electron chi connectivity index (χ0n) is 11.1. The number of quaternary nitrogens is 1. The molecule has 0 aliphatic carbocycles. The van der Waals surface area contributed by atoms with E-state index in [0.717, 1.165) is 11.3 Å². The SMILES string of the molecule is Cc1ncoc1C(=O)[N+]#CC(CC(=O)O)C[NH+](C)C. The van der Waals surface area contributed by atoms with E-state index in [-0.39, 0.29) is 12.2 Å². The lowest BCUT2D eigenvalue weighted by molar-refractivity contribution is -0.860. The molecule has 0 aliphatic heterocycles. The molecule has 1 atom stereocenters. The van der Waals surface area contributed by atoms with Gasteiger partial charge in [0.15, 0.2) is 12.3 Å². The van der Waals surface area contributed by atoms with Gasteiger partial charge in [-0.15, -0.1) is 0 Å². The third-order valence-corrected chi connectivity index (χ3v) is 2.36. The predicted octanol–water partition coefficient (Wildman–Crippen LogP) is -0.308. The van der Waals surface area contributed by atoms with E-state index in [1.807, 2.05) is 14.1 Å². The average molecular weight is 267 g/mol. The van der Waals surface area contributed by atoms with E-state index in [0.29, 0.717) is 12.2 Å². The second-order valence-corrected chi connectivity index (χ2v) is 4.52. The number of oxazole rings is 1. The van der Waals surface area contributed by atoms with Crippen LogP contribution in [0.25, 0.3) is 4.85 Å². The first-order valence-corrected chi connectivity index (χ1v) is 5.81. The minimum Gasteiger partial charge on any atom is -0.481 e. The summed E-state index contributed by atoms with van der Waals surface area (Å²) in [6, 6.07) is 2.58. The first-order chi connectivity index (χ1) is 8.90. The third-order valence-electron chi connectivity index (χ3n) is 2.36. The van der Waals surface area contributed by atoms with Crippen LogP contribution in [-0.2, 0) is 4.79 Å². The van der Waals surface area contributed by atoms with E-state index in [1.54, 1.807) is 6.92 Å². The summed E-state index contributed by atoms with van der Waals surface area (Å²) in [5.41, 5.74) is 0.448. The van der Waals surface area contributed by atoms with Crippen molar-refractivity contribution < 1.29 is 24.0 Å². The Morgan fingerprint density at radius 1 is 1.58 bits per heavy atom. The third kappa shape index (κ3) is 4.89. The number of aliphatic carboxylic acids is 1. The highest BCUT2D eigenvalue weighted by atomic mass is 16.4. The van der Waals surface area contributed by atoms with Gasteiger partial charge in [-0.1, -0.05) is 0 Å². The van der Waals surface area contributed by atoms with Gasteiger partial charge in [0.25, 0.3) is 11.8 Å². The molecule has 1 aromatic heterocycles. The van der Waals surface area contributed by atoms with E-state index in [2.05, 4.69) is 15.9 Å². The largest absolute Gasteiger partial charge is 0.585 e. The molecule has 0 radical (unpaired) electrons. The Balaban J connectivity index is 2.79. The van der Waals surface area contributed by atoms with Gasteiger partial charge in [-0.25, -0.2) is 4.98 Å². The van der Waals surface area contributed by atoms with Crippen molar-refractivity contribution in [3.63, 3.8) is 0 Å². The normalized spacial score (nSPS) is 11.8. The molecule has 0 saturated heterocycles. The smallest absolute Gasteiger partial charge is 0.481 e. The molecule has 1 amide bonds. The molecule has 1 aromatic rings. The Labute approximate surface area is 110 Å². The van der Waals surface area contributed by atoms with Crippen LogP contribution in [0.5, 0.6) is 0 Å². The molecule has 1 heterocycles. The van der Waals surface area contributed by atoms with Crippen molar-refractivity contribution in [3.05, 3.63) is 22.7 Å². The summed E-state index contributed by atoms with van der Waals surface area (Å²) < 4.78 is 4.90. The lowest BCUT2D eigenvalue weighted by atomic mass is 10.1. The first kappa shape index (κ1) is 14.9. The van der Waals surface area contributed by atoms with Crippen molar-refractivity contribution in [2.45, 2.75) is 13.3 Å². The number of nitrogens with zero attached hydrogens (tertiary/aromatic N) is 2. The highest BCUT2D eigenvalue weighted by molar-refractivity contribution is 6.00. The Bertz CT molecular complexity index is 525. The summed E-state index contributed by atoms with van der Waals surface area (Å²) in [5, 5.41) is 8.79. The minimum atomic E-state index is -0.947. The van der Waals surface area contributed by atoms with Crippen molar-refractivity contribution in [1.29, 1.82) is 0 Å². The molecular weight excluding hydrogens is 250 g/mol. The number of carbonyl (C=O) groups is 2. The Morgan fingerprint density at radius 3 is 2.74 bits per heavy atom. The molecule has 0 fully saturated rings. The number of carbonyl (C=O) groups excluding carboxylic acids is 1. The molecule has 2 N–H and O–H groups in total. The maximum absolute atomic E-state index is 11.7. The molecule has 19 heavy (non-hydrogen) atoms. The second-order valence-electron chi connectivity index (χ2n) is 4.52. The fourth-order valence-corrected chi connectivity index (χ4v) is 1.57. The zero-order chi connectivity index (χ0) is 14.4. The first-order valence-electron chi connectivity index (χ1n) is 5.81. The fraction of sp³-hybridized carbons (Fsp3) is 0.500. The maximum Gasteiger partial charge on any atom is 0.585 e. The number of carboxylic acids is 1. The molecule has 0 aliphatic rings. The number of hydrogen-bond acceptors (Lipinski definition) is 4. The number of nitrogens with one attached hydrogen (secondary N) is 1. The van der Waals surface area contributed by atoms with Gasteiger partial charge in [0.2, 0.25) is 0 Å². The number of carboxylic acid groups (broad SMARTS) is 1. The summed E-state index contributed by atoms with van der Waals surface area (Å²) in [6.07, 6.45) is 1.05. The van der Waals surface area contributed by atoms with Gasteiger partial charge in [-0.3, -0.25) is 4.79 Å².